The summed E-state index contributed by atoms with van der Waals surface area (Å²) in [4.78, 5) is 46.4. The van der Waals surface area contributed by atoms with Crippen molar-refractivity contribution >= 4 is 28.6 Å². The molecular formula is C25H23N3O7. The third kappa shape index (κ3) is 2.67. The van der Waals surface area contributed by atoms with E-state index in [0.29, 0.717) is 46.4 Å². The van der Waals surface area contributed by atoms with Crippen LogP contribution in [0.3, 0.4) is 0 Å². The van der Waals surface area contributed by atoms with Gasteiger partial charge in [-0.3, -0.25) is 9.59 Å². The number of ketones is 1. The molecule has 3 aliphatic rings. The van der Waals surface area contributed by atoms with Gasteiger partial charge in [0.05, 0.1) is 39.6 Å². The van der Waals surface area contributed by atoms with Crippen LogP contribution < -0.4 is 14.2 Å². The number of H-pyrrole nitrogens is 2. The first-order valence-corrected chi connectivity index (χ1v) is 11.1. The van der Waals surface area contributed by atoms with E-state index in [2.05, 4.69) is 9.97 Å². The molecule has 2 aliphatic carbocycles. The average Bonchev–Trinajstić information content (AvgIpc) is 3.21. The highest BCUT2D eigenvalue weighted by atomic mass is 16.5. The van der Waals surface area contributed by atoms with Crippen molar-refractivity contribution in [1.29, 1.82) is 0 Å². The number of fused-ring (bicyclic) bond motifs is 2. The standard InChI is InChI=1S/C25H23N3O7/c1-32-17-6-11-5-14(26-19(11)22(34-3)21(17)33-2)23(30)28-10-12-9-25(12)13-7-15(24(31)35-4)27-20(13)16(29)8-18(25)28/h5-8,12,26-27H,9-10H2,1-4H3/t12-,25?/m0/s1. The Morgan fingerprint density at radius 3 is 2.46 bits per heavy atom. The van der Waals surface area contributed by atoms with E-state index in [9.17, 15) is 14.4 Å². The smallest absolute Gasteiger partial charge is 0.354 e. The molecule has 3 aromatic rings. The molecule has 0 radical (unpaired) electrons. The van der Waals surface area contributed by atoms with Crippen molar-refractivity contribution in [2.75, 3.05) is 35.0 Å². The maximum absolute atomic E-state index is 13.7. The molecule has 35 heavy (non-hydrogen) atoms. The van der Waals surface area contributed by atoms with Crippen LogP contribution in [0.2, 0.25) is 0 Å². The van der Waals surface area contributed by atoms with E-state index in [1.807, 2.05) is 0 Å². The minimum absolute atomic E-state index is 0.171. The van der Waals surface area contributed by atoms with Crippen LogP contribution in [-0.2, 0) is 10.2 Å². The number of methoxy groups -OCH3 is 4. The Morgan fingerprint density at radius 2 is 1.77 bits per heavy atom. The highest BCUT2D eigenvalue weighted by molar-refractivity contribution is 6.10. The Bertz CT molecular complexity index is 1480. The first-order chi connectivity index (χ1) is 16.9. The van der Waals surface area contributed by atoms with Crippen LogP contribution in [0.1, 0.15) is 43.4 Å². The molecule has 0 bridgehead atoms. The van der Waals surface area contributed by atoms with Gasteiger partial charge in [0, 0.05) is 29.1 Å². The number of likely N-dealkylation sites (tertiary alicyclic amines) is 1. The molecule has 2 atom stereocenters. The molecule has 2 N–H and O–H groups in total. The molecule has 2 fully saturated rings. The number of nitrogens with one attached hydrogen (secondary N) is 2. The zero-order valence-electron chi connectivity index (χ0n) is 19.6. The summed E-state index contributed by atoms with van der Waals surface area (Å²) in [6.07, 6.45) is 2.33. The van der Waals surface area contributed by atoms with Gasteiger partial charge < -0.3 is 33.8 Å². The maximum Gasteiger partial charge on any atom is 0.354 e. The molecule has 1 saturated heterocycles. The van der Waals surface area contributed by atoms with E-state index in [4.69, 9.17) is 18.9 Å². The van der Waals surface area contributed by atoms with Crippen molar-refractivity contribution in [1.82, 2.24) is 14.9 Å². The Balaban J connectivity index is 1.40. The molecule has 1 aliphatic heterocycles. The summed E-state index contributed by atoms with van der Waals surface area (Å²) in [5.74, 6) is 0.454. The second kappa shape index (κ2) is 7.14. The van der Waals surface area contributed by atoms with Crippen LogP contribution in [0, 0.1) is 5.92 Å². The number of nitrogens with zero attached hydrogens (tertiary/aromatic N) is 1. The number of hydrogen-bond acceptors (Lipinski definition) is 7. The number of benzene rings is 1. The largest absolute Gasteiger partial charge is 0.493 e. The monoisotopic (exact) mass is 477 g/mol. The van der Waals surface area contributed by atoms with E-state index in [1.54, 1.807) is 23.1 Å². The van der Waals surface area contributed by atoms with E-state index < -0.39 is 11.4 Å². The Hall–Kier alpha value is -4.21. The number of ether oxygens (including phenoxy) is 4. The van der Waals surface area contributed by atoms with Gasteiger partial charge >= 0.3 is 5.97 Å². The molecule has 10 heteroatoms. The lowest BCUT2D eigenvalue weighted by Crippen LogP contribution is -2.33. The Morgan fingerprint density at radius 1 is 1.00 bits per heavy atom. The van der Waals surface area contributed by atoms with E-state index in [0.717, 1.165) is 17.4 Å². The van der Waals surface area contributed by atoms with Gasteiger partial charge in [-0.25, -0.2) is 4.79 Å². The van der Waals surface area contributed by atoms with Crippen LogP contribution >= 0.6 is 0 Å². The minimum Gasteiger partial charge on any atom is -0.493 e. The number of piperidine rings is 1. The van der Waals surface area contributed by atoms with E-state index >= 15 is 0 Å². The average molecular weight is 477 g/mol. The summed E-state index contributed by atoms with van der Waals surface area (Å²) >= 11 is 0. The highest BCUT2D eigenvalue weighted by Crippen LogP contribution is 2.66. The molecule has 1 unspecified atom stereocenters. The fourth-order valence-electron chi connectivity index (χ4n) is 5.71. The summed E-state index contributed by atoms with van der Waals surface area (Å²) in [6, 6.07) is 5.20. The van der Waals surface area contributed by atoms with Gasteiger partial charge in [-0.1, -0.05) is 0 Å². The lowest BCUT2D eigenvalue weighted by molar-refractivity contribution is 0.0594. The lowest BCUT2D eigenvalue weighted by atomic mass is 9.85. The molecule has 1 amide bonds. The predicted octanol–water partition coefficient (Wildman–Crippen LogP) is 2.80. The normalized spacial score (nSPS) is 21.7. The van der Waals surface area contributed by atoms with Gasteiger partial charge in [-0.15, -0.1) is 0 Å². The predicted molar refractivity (Wildman–Crippen MR) is 123 cm³/mol. The first-order valence-electron chi connectivity index (χ1n) is 11.1. The molecule has 1 aromatic carbocycles. The first kappa shape index (κ1) is 21.3. The molecule has 6 rings (SSSR count). The molecule has 2 aromatic heterocycles. The second-order valence-corrected chi connectivity index (χ2v) is 8.94. The maximum atomic E-state index is 13.7. The summed E-state index contributed by atoms with van der Waals surface area (Å²) in [5.41, 5.74) is 2.56. The number of hydrogen-bond donors (Lipinski definition) is 2. The van der Waals surface area contributed by atoms with Crippen molar-refractivity contribution in [3.63, 3.8) is 0 Å². The van der Waals surface area contributed by atoms with Gasteiger partial charge in [0.1, 0.15) is 11.4 Å². The summed E-state index contributed by atoms with van der Waals surface area (Å²) in [6.45, 7) is 0.481. The molecule has 180 valence electrons. The zero-order valence-corrected chi connectivity index (χ0v) is 19.6. The third-order valence-electron chi connectivity index (χ3n) is 7.37. The van der Waals surface area contributed by atoms with Crippen LogP contribution in [0.5, 0.6) is 17.2 Å². The topological polar surface area (TPSA) is 123 Å². The molecule has 10 nitrogen and oxygen atoms in total. The van der Waals surface area contributed by atoms with Gasteiger partial charge in [0.25, 0.3) is 5.91 Å². The van der Waals surface area contributed by atoms with E-state index in [1.165, 1.54) is 34.5 Å². The number of carbonyl (C=O) groups excluding carboxylic acids is 3. The Kier molecular flexibility index (Phi) is 4.35. The van der Waals surface area contributed by atoms with Crippen molar-refractivity contribution in [2.45, 2.75) is 11.8 Å². The van der Waals surface area contributed by atoms with Crippen molar-refractivity contribution < 1.29 is 33.3 Å². The number of rotatable bonds is 5. The summed E-state index contributed by atoms with van der Waals surface area (Å²) in [7, 11) is 5.87. The van der Waals surface area contributed by atoms with Crippen molar-refractivity contribution in [3.8, 4) is 17.2 Å². The number of esters is 1. The second-order valence-electron chi connectivity index (χ2n) is 8.94. The number of carbonyl (C=O) groups is 3. The van der Waals surface area contributed by atoms with Crippen molar-refractivity contribution in [2.24, 2.45) is 5.92 Å². The molecule has 3 heterocycles. The van der Waals surface area contributed by atoms with Gasteiger partial charge in [-0.2, -0.15) is 0 Å². The summed E-state index contributed by atoms with van der Waals surface area (Å²) < 4.78 is 21.2. The van der Waals surface area contributed by atoms with Crippen LogP contribution in [0.25, 0.3) is 10.9 Å². The number of amides is 1. The molecule has 1 spiro atoms. The summed E-state index contributed by atoms with van der Waals surface area (Å²) in [5, 5.41) is 0.728. The molecular weight excluding hydrogens is 454 g/mol. The molecule has 1 saturated carbocycles. The highest BCUT2D eigenvalue weighted by Gasteiger charge is 2.68. The number of allylic oxidation sites excluding steroid dienone is 2. The fraction of sp³-hybridized carbons (Fsp3) is 0.320. The van der Waals surface area contributed by atoms with Crippen LogP contribution in [-0.4, -0.2) is 67.5 Å². The van der Waals surface area contributed by atoms with E-state index in [-0.39, 0.29) is 23.3 Å². The number of aromatic amines is 2. The minimum atomic E-state index is -0.536. The number of aromatic nitrogens is 2. The van der Waals surface area contributed by atoms with Gasteiger partial charge in [0.15, 0.2) is 11.5 Å². The SMILES string of the molecule is COC(=O)c1cc2c([nH]1)C(=O)C=C1N(C(=O)c3cc4cc(OC)c(OC)c(OC)c4[nH]3)C[C@@H]3CC123. The fourth-order valence-corrected chi connectivity index (χ4v) is 5.71. The van der Waals surface area contributed by atoms with Gasteiger partial charge in [0.2, 0.25) is 11.5 Å². The van der Waals surface area contributed by atoms with Crippen LogP contribution in [0.15, 0.2) is 30.0 Å². The van der Waals surface area contributed by atoms with Crippen LogP contribution in [0.4, 0.5) is 0 Å². The Labute approximate surface area is 199 Å². The quantitative estimate of drug-likeness (QED) is 0.542. The zero-order chi connectivity index (χ0) is 24.6. The third-order valence-corrected chi connectivity index (χ3v) is 7.37. The van der Waals surface area contributed by atoms with Crippen molar-refractivity contribution in [3.05, 3.63) is 52.6 Å². The van der Waals surface area contributed by atoms with Gasteiger partial charge in [-0.05, 0) is 36.1 Å². The lowest BCUT2D eigenvalue weighted by Gasteiger charge is -2.27.